The van der Waals surface area contributed by atoms with Crippen molar-refractivity contribution in [1.82, 2.24) is 4.72 Å². The molecule has 0 heterocycles. The second-order valence-corrected chi connectivity index (χ2v) is 6.15. The number of carbonyl (C=O) groups is 1. The zero-order valence-electron chi connectivity index (χ0n) is 10.6. The van der Waals surface area contributed by atoms with Gasteiger partial charge >= 0.3 is 12.1 Å². The molecule has 0 radical (unpaired) electrons. The Morgan fingerprint density at radius 3 is 2.43 bits per heavy atom. The molecule has 5 nitrogen and oxygen atoms in total. The van der Waals surface area contributed by atoms with E-state index in [9.17, 15) is 26.4 Å². The molecule has 118 valence electrons. The van der Waals surface area contributed by atoms with Crippen LogP contribution in [0.2, 0.25) is 5.02 Å². The van der Waals surface area contributed by atoms with Crippen molar-refractivity contribution in [2.45, 2.75) is 30.5 Å². The highest BCUT2D eigenvalue weighted by molar-refractivity contribution is 7.89. The summed E-state index contributed by atoms with van der Waals surface area (Å²) in [7, 11) is -4.49. The summed E-state index contributed by atoms with van der Waals surface area (Å²) in [5.41, 5.74) is -1.20. The minimum Gasteiger partial charge on any atom is -0.480 e. The molecule has 10 heteroatoms. The maximum Gasteiger partial charge on any atom is 0.416 e. The third-order valence-electron chi connectivity index (χ3n) is 2.55. The summed E-state index contributed by atoms with van der Waals surface area (Å²) in [5.74, 6) is -1.44. The number of nitrogens with one attached hydrogen (secondary N) is 1. The van der Waals surface area contributed by atoms with E-state index in [2.05, 4.69) is 0 Å². The Morgan fingerprint density at radius 2 is 2.00 bits per heavy atom. The Hall–Kier alpha value is -1.32. The maximum absolute atomic E-state index is 12.6. The van der Waals surface area contributed by atoms with E-state index in [0.29, 0.717) is 12.1 Å². The van der Waals surface area contributed by atoms with Crippen LogP contribution >= 0.6 is 11.6 Å². The number of alkyl halides is 3. The van der Waals surface area contributed by atoms with E-state index >= 15 is 0 Å². The zero-order valence-corrected chi connectivity index (χ0v) is 12.2. The Morgan fingerprint density at radius 1 is 1.43 bits per heavy atom. The van der Waals surface area contributed by atoms with Gasteiger partial charge in [-0.15, -0.1) is 0 Å². The molecule has 21 heavy (non-hydrogen) atoms. The third kappa shape index (κ3) is 4.32. The molecule has 1 aromatic carbocycles. The van der Waals surface area contributed by atoms with Gasteiger partial charge in [-0.3, -0.25) is 4.79 Å². The number of hydrogen-bond donors (Lipinski definition) is 2. The average molecular weight is 346 g/mol. The number of hydrogen-bond acceptors (Lipinski definition) is 3. The lowest BCUT2D eigenvalue weighted by atomic mass is 10.2. The highest BCUT2D eigenvalue weighted by Crippen LogP contribution is 2.33. The van der Waals surface area contributed by atoms with Gasteiger partial charge in [0.05, 0.1) is 10.6 Å². The molecule has 0 saturated carbocycles. The van der Waals surface area contributed by atoms with Crippen LogP contribution in [-0.4, -0.2) is 25.5 Å². The molecule has 1 atom stereocenters. The van der Waals surface area contributed by atoms with Gasteiger partial charge in [0.15, 0.2) is 0 Å². The Labute approximate surface area is 123 Å². The zero-order chi connectivity index (χ0) is 16.4. The fourth-order valence-electron chi connectivity index (χ4n) is 1.44. The molecule has 0 aliphatic heterocycles. The molecular weight excluding hydrogens is 335 g/mol. The van der Waals surface area contributed by atoms with Crippen LogP contribution in [-0.2, 0) is 21.0 Å². The lowest BCUT2D eigenvalue weighted by Crippen LogP contribution is -2.40. The van der Waals surface area contributed by atoms with Gasteiger partial charge in [0.2, 0.25) is 10.0 Å². The summed E-state index contributed by atoms with van der Waals surface area (Å²) in [4.78, 5) is 9.99. The molecule has 0 aliphatic rings. The van der Waals surface area contributed by atoms with Gasteiger partial charge in [0, 0.05) is 0 Å². The van der Waals surface area contributed by atoms with Gasteiger partial charge < -0.3 is 5.11 Å². The lowest BCUT2D eigenvalue weighted by molar-refractivity contribution is -0.139. The summed E-state index contributed by atoms with van der Waals surface area (Å²) in [5, 5.41) is 8.36. The average Bonchev–Trinajstić information content (AvgIpc) is 2.34. The fourth-order valence-corrected chi connectivity index (χ4v) is 3.24. The van der Waals surface area contributed by atoms with Gasteiger partial charge in [-0.25, -0.2) is 8.42 Å². The van der Waals surface area contributed by atoms with E-state index in [1.807, 2.05) is 0 Å². The summed E-state index contributed by atoms with van der Waals surface area (Å²) < 4.78 is 63.5. The molecule has 0 fully saturated rings. The molecule has 1 aromatic rings. The van der Waals surface area contributed by atoms with Crippen LogP contribution < -0.4 is 4.72 Å². The number of carboxylic acids is 1. The molecule has 1 rings (SSSR count). The summed E-state index contributed by atoms with van der Waals surface area (Å²) >= 11 is 5.60. The van der Waals surface area contributed by atoms with E-state index in [0.717, 1.165) is 6.07 Å². The lowest BCUT2D eigenvalue weighted by Gasteiger charge is -2.15. The predicted molar refractivity (Wildman–Crippen MR) is 68.5 cm³/mol. The quantitative estimate of drug-likeness (QED) is 0.859. The standard InChI is InChI=1S/C11H11ClF3NO4S/c1-2-8(10(17)18)16-21(19,20)9-5-6(11(13,14)15)3-4-7(9)12/h3-5,8,16H,2H2,1H3,(H,17,18)/t8-/m0/s1. The largest absolute Gasteiger partial charge is 0.480 e. The van der Waals surface area contributed by atoms with E-state index in [1.54, 1.807) is 4.72 Å². The van der Waals surface area contributed by atoms with Crippen LogP contribution in [0.5, 0.6) is 0 Å². The van der Waals surface area contributed by atoms with Gasteiger partial charge in [0.1, 0.15) is 10.9 Å². The number of halogens is 4. The second-order valence-electron chi connectivity index (χ2n) is 4.06. The Bertz CT molecular complexity index is 645. The van der Waals surface area contributed by atoms with Crippen LogP contribution in [0.4, 0.5) is 13.2 Å². The molecule has 0 amide bonds. The van der Waals surface area contributed by atoms with Crippen molar-refractivity contribution in [1.29, 1.82) is 0 Å². The van der Waals surface area contributed by atoms with Gasteiger partial charge in [-0.2, -0.15) is 17.9 Å². The van der Waals surface area contributed by atoms with E-state index in [1.165, 1.54) is 6.92 Å². The van der Waals surface area contributed by atoms with E-state index < -0.39 is 43.7 Å². The third-order valence-corrected chi connectivity index (χ3v) is 4.51. The van der Waals surface area contributed by atoms with Crippen LogP contribution in [0.15, 0.2) is 23.1 Å². The number of aliphatic carboxylic acids is 1. The van der Waals surface area contributed by atoms with Crippen molar-refractivity contribution in [2.75, 3.05) is 0 Å². The number of sulfonamides is 1. The fraction of sp³-hybridized carbons (Fsp3) is 0.364. The van der Waals surface area contributed by atoms with Crippen LogP contribution in [0, 0.1) is 0 Å². The molecule has 0 aliphatic carbocycles. The molecule has 0 spiro atoms. The highest BCUT2D eigenvalue weighted by Gasteiger charge is 2.33. The van der Waals surface area contributed by atoms with Gasteiger partial charge in [0.25, 0.3) is 0 Å². The second kappa shape index (κ2) is 6.20. The Balaban J connectivity index is 3.28. The predicted octanol–water partition coefficient (Wildman–Crippen LogP) is 2.50. The van der Waals surface area contributed by atoms with Gasteiger partial charge in [-0.05, 0) is 24.6 Å². The van der Waals surface area contributed by atoms with Crippen molar-refractivity contribution in [3.63, 3.8) is 0 Å². The number of rotatable bonds is 5. The van der Waals surface area contributed by atoms with Crippen molar-refractivity contribution < 1.29 is 31.5 Å². The maximum atomic E-state index is 12.6. The summed E-state index contributed by atoms with van der Waals surface area (Å²) in [6, 6.07) is 0.330. The molecule has 0 bridgehead atoms. The first kappa shape index (κ1) is 17.7. The van der Waals surface area contributed by atoms with Crippen molar-refractivity contribution in [3.8, 4) is 0 Å². The van der Waals surface area contributed by atoms with Crippen LogP contribution in [0.25, 0.3) is 0 Å². The van der Waals surface area contributed by atoms with E-state index in [-0.39, 0.29) is 6.42 Å². The smallest absolute Gasteiger partial charge is 0.416 e. The van der Waals surface area contributed by atoms with Crippen molar-refractivity contribution in [2.24, 2.45) is 0 Å². The molecular formula is C11H11ClF3NO4S. The minimum atomic E-state index is -4.74. The first-order chi connectivity index (χ1) is 9.49. The normalized spacial score (nSPS) is 14.0. The highest BCUT2D eigenvalue weighted by atomic mass is 35.5. The SMILES string of the molecule is CC[C@H](NS(=O)(=O)c1cc(C(F)(F)F)ccc1Cl)C(=O)O. The molecule has 2 N–H and O–H groups in total. The van der Waals surface area contributed by atoms with Crippen molar-refractivity contribution in [3.05, 3.63) is 28.8 Å². The van der Waals surface area contributed by atoms with Crippen LogP contribution in [0.1, 0.15) is 18.9 Å². The Kier molecular flexibility index (Phi) is 5.24. The molecule has 0 unspecified atom stereocenters. The summed E-state index contributed by atoms with van der Waals surface area (Å²) in [6.45, 7) is 1.41. The number of carboxylic acid groups (broad SMARTS) is 1. The minimum absolute atomic E-state index is 0.0782. The molecule has 0 saturated heterocycles. The van der Waals surface area contributed by atoms with Crippen molar-refractivity contribution >= 4 is 27.6 Å². The van der Waals surface area contributed by atoms with Gasteiger partial charge in [-0.1, -0.05) is 18.5 Å². The number of benzene rings is 1. The summed E-state index contributed by atoms with van der Waals surface area (Å²) in [6.07, 6.45) is -4.82. The first-order valence-electron chi connectivity index (χ1n) is 5.61. The molecule has 0 aromatic heterocycles. The first-order valence-corrected chi connectivity index (χ1v) is 7.47. The topological polar surface area (TPSA) is 83.5 Å². The van der Waals surface area contributed by atoms with Crippen LogP contribution in [0.3, 0.4) is 0 Å². The monoisotopic (exact) mass is 345 g/mol. The van der Waals surface area contributed by atoms with E-state index in [4.69, 9.17) is 16.7 Å².